The Balaban J connectivity index is 2.01. The Bertz CT molecular complexity index is 781. The third kappa shape index (κ3) is 5.10. The Hall–Kier alpha value is -2.80. The number of aromatic nitrogens is 1. The van der Waals surface area contributed by atoms with E-state index in [0.29, 0.717) is 34.4 Å². The van der Waals surface area contributed by atoms with Crippen molar-refractivity contribution in [2.24, 2.45) is 0 Å². The number of methoxy groups -OCH3 is 1. The third-order valence-electron chi connectivity index (χ3n) is 3.47. The van der Waals surface area contributed by atoms with Gasteiger partial charge in [-0.1, -0.05) is 11.6 Å². The van der Waals surface area contributed by atoms with Gasteiger partial charge in [0.1, 0.15) is 11.6 Å². The fourth-order valence-electron chi connectivity index (χ4n) is 2.21. The fourth-order valence-corrected chi connectivity index (χ4v) is 2.38. The number of carbonyl (C=O) groups is 2. The molecule has 0 saturated carbocycles. The van der Waals surface area contributed by atoms with Crippen LogP contribution in [0.25, 0.3) is 0 Å². The van der Waals surface area contributed by atoms with E-state index >= 15 is 0 Å². The second-order valence-electron chi connectivity index (χ2n) is 5.37. The van der Waals surface area contributed by atoms with Crippen molar-refractivity contribution < 1.29 is 19.1 Å². The minimum absolute atomic E-state index is 0.0570. The number of likely N-dealkylation sites (N-methyl/N-ethyl adjacent to an activating group) is 1. The smallest absolute Gasteiger partial charge is 0.339 e. The second-order valence-corrected chi connectivity index (χ2v) is 5.81. The van der Waals surface area contributed by atoms with Gasteiger partial charge in [0.25, 0.3) is 0 Å². The van der Waals surface area contributed by atoms with Crippen LogP contribution in [0.1, 0.15) is 17.3 Å². The van der Waals surface area contributed by atoms with Gasteiger partial charge in [0.15, 0.2) is 0 Å². The molecule has 0 unspecified atom stereocenters. The molecule has 1 aromatic heterocycles. The number of halogens is 1. The number of esters is 1. The van der Waals surface area contributed by atoms with E-state index in [1.54, 1.807) is 49.2 Å². The van der Waals surface area contributed by atoms with Crippen LogP contribution in [0.15, 0.2) is 36.5 Å². The third-order valence-corrected chi connectivity index (χ3v) is 3.70. The summed E-state index contributed by atoms with van der Waals surface area (Å²) in [6.07, 6.45) is 1.42. The molecular weight excluding hydrogens is 358 g/mol. The quantitative estimate of drug-likeness (QED) is 0.747. The topological polar surface area (TPSA) is 80.8 Å². The van der Waals surface area contributed by atoms with E-state index < -0.39 is 5.97 Å². The first kappa shape index (κ1) is 19.5. The zero-order valence-electron chi connectivity index (χ0n) is 14.8. The SMILES string of the molecule is CCOC(=O)c1ccc(N(C)CC(=O)Nc2cc(Cl)ccc2OC)nc1. The molecule has 0 bridgehead atoms. The number of anilines is 2. The molecule has 26 heavy (non-hydrogen) atoms. The van der Waals surface area contributed by atoms with Crippen molar-refractivity contribution in [3.05, 3.63) is 47.1 Å². The first-order valence-corrected chi connectivity index (χ1v) is 8.30. The van der Waals surface area contributed by atoms with Gasteiger partial charge in [0.2, 0.25) is 5.91 Å². The molecule has 0 spiro atoms. The van der Waals surface area contributed by atoms with Crippen LogP contribution in [0.2, 0.25) is 5.02 Å². The monoisotopic (exact) mass is 377 g/mol. The van der Waals surface area contributed by atoms with Gasteiger partial charge in [-0.05, 0) is 37.3 Å². The number of rotatable bonds is 7. The number of hydrogen-bond donors (Lipinski definition) is 1. The van der Waals surface area contributed by atoms with Crippen LogP contribution in [0.4, 0.5) is 11.5 Å². The maximum Gasteiger partial charge on any atom is 0.339 e. The number of benzene rings is 1. The Labute approximate surface area is 156 Å². The summed E-state index contributed by atoms with van der Waals surface area (Å²) in [5.74, 6) is 0.373. The summed E-state index contributed by atoms with van der Waals surface area (Å²) in [6.45, 7) is 2.09. The van der Waals surface area contributed by atoms with Crippen molar-refractivity contribution in [3.8, 4) is 5.75 Å². The summed E-state index contributed by atoms with van der Waals surface area (Å²) in [5.41, 5.74) is 0.848. The van der Waals surface area contributed by atoms with Gasteiger partial charge in [-0.15, -0.1) is 0 Å². The van der Waals surface area contributed by atoms with Crippen LogP contribution in [0.3, 0.4) is 0 Å². The number of ether oxygens (including phenoxy) is 2. The number of nitrogens with zero attached hydrogens (tertiary/aromatic N) is 2. The number of pyridine rings is 1. The van der Waals surface area contributed by atoms with E-state index in [2.05, 4.69) is 10.3 Å². The van der Waals surface area contributed by atoms with Gasteiger partial charge in [0, 0.05) is 18.3 Å². The van der Waals surface area contributed by atoms with Crippen LogP contribution < -0.4 is 15.0 Å². The molecule has 2 aromatic rings. The molecule has 0 aliphatic heterocycles. The largest absolute Gasteiger partial charge is 0.495 e. The Morgan fingerprint density at radius 3 is 2.65 bits per heavy atom. The lowest BCUT2D eigenvalue weighted by Gasteiger charge is -2.18. The predicted molar refractivity (Wildman–Crippen MR) is 100 cm³/mol. The highest BCUT2D eigenvalue weighted by molar-refractivity contribution is 6.31. The molecule has 138 valence electrons. The predicted octanol–water partition coefficient (Wildman–Crippen LogP) is 3.00. The first-order chi connectivity index (χ1) is 12.4. The summed E-state index contributed by atoms with van der Waals surface area (Å²) < 4.78 is 10.1. The van der Waals surface area contributed by atoms with Gasteiger partial charge in [0.05, 0.1) is 31.5 Å². The Kier molecular flexibility index (Phi) is 6.80. The molecule has 1 amide bonds. The number of carbonyl (C=O) groups excluding carboxylic acids is 2. The van der Waals surface area contributed by atoms with Crippen LogP contribution in [-0.2, 0) is 9.53 Å². The lowest BCUT2D eigenvalue weighted by molar-refractivity contribution is -0.114. The lowest BCUT2D eigenvalue weighted by atomic mass is 10.2. The van der Waals surface area contributed by atoms with Crippen molar-refractivity contribution >= 4 is 35.0 Å². The van der Waals surface area contributed by atoms with E-state index in [-0.39, 0.29) is 12.5 Å². The number of nitrogens with one attached hydrogen (secondary N) is 1. The summed E-state index contributed by atoms with van der Waals surface area (Å²) in [4.78, 5) is 29.8. The fraction of sp³-hybridized carbons (Fsp3) is 0.278. The average Bonchev–Trinajstić information content (AvgIpc) is 2.62. The van der Waals surface area contributed by atoms with Crippen LogP contribution in [-0.4, -0.2) is 44.2 Å². The van der Waals surface area contributed by atoms with Crippen LogP contribution in [0.5, 0.6) is 5.75 Å². The average molecular weight is 378 g/mol. The van der Waals surface area contributed by atoms with Crippen molar-refractivity contribution in [1.29, 1.82) is 0 Å². The molecule has 1 heterocycles. The number of amides is 1. The van der Waals surface area contributed by atoms with Crippen LogP contribution >= 0.6 is 11.6 Å². The zero-order chi connectivity index (χ0) is 19.1. The molecule has 2 rings (SSSR count). The van der Waals surface area contributed by atoms with Gasteiger partial charge in [-0.25, -0.2) is 9.78 Å². The summed E-state index contributed by atoms with van der Waals surface area (Å²) in [7, 11) is 3.24. The molecule has 1 aromatic carbocycles. The molecule has 0 aliphatic carbocycles. The van der Waals surface area contributed by atoms with Gasteiger partial charge in [-0.3, -0.25) is 4.79 Å². The van der Waals surface area contributed by atoms with Gasteiger partial charge in [-0.2, -0.15) is 0 Å². The molecule has 0 saturated heterocycles. The minimum Gasteiger partial charge on any atom is -0.495 e. The molecule has 0 fully saturated rings. The molecule has 0 atom stereocenters. The normalized spacial score (nSPS) is 10.2. The molecule has 0 aliphatic rings. The summed E-state index contributed by atoms with van der Waals surface area (Å²) in [6, 6.07) is 8.23. The lowest BCUT2D eigenvalue weighted by Crippen LogP contribution is -2.30. The Morgan fingerprint density at radius 2 is 2.04 bits per heavy atom. The number of hydrogen-bond acceptors (Lipinski definition) is 6. The summed E-state index contributed by atoms with van der Waals surface area (Å²) >= 11 is 5.96. The highest BCUT2D eigenvalue weighted by Crippen LogP contribution is 2.27. The highest BCUT2D eigenvalue weighted by Gasteiger charge is 2.13. The van der Waals surface area contributed by atoms with Crippen LogP contribution in [0, 0.1) is 0 Å². The van der Waals surface area contributed by atoms with E-state index in [4.69, 9.17) is 21.1 Å². The van der Waals surface area contributed by atoms with Crippen molar-refractivity contribution in [3.63, 3.8) is 0 Å². The second kappa shape index (κ2) is 9.05. The van der Waals surface area contributed by atoms with E-state index in [9.17, 15) is 9.59 Å². The maximum atomic E-state index is 12.3. The molecule has 8 heteroatoms. The van der Waals surface area contributed by atoms with E-state index in [0.717, 1.165) is 0 Å². The molecular formula is C18H20ClN3O4. The van der Waals surface area contributed by atoms with Crippen molar-refractivity contribution in [1.82, 2.24) is 4.98 Å². The highest BCUT2D eigenvalue weighted by atomic mass is 35.5. The van der Waals surface area contributed by atoms with E-state index in [1.807, 2.05) is 0 Å². The van der Waals surface area contributed by atoms with Gasteiger partial charge < -0.3 is 19.7 Å². The first-order valence-electron chi connectivity index (χ1n) is 7.92. The summed E-state index contributed by atoms with van der Waals surface area (Å²) in [5, 5.41) is 3.25. The molecule has 0 radical (unpaired) electrons. The van der Waals surface area contributed by atoms with E-state index in [1.165, 1.54) is 13.3 Å². The Morgan fingerprint density at radius 1 is 1.27 bits per heavy atom. The standard InChI is InChI=1S/C18H20ClN3O4/c1-4-26-18(24)12-5-8-16(20-10-12)22(2)11-17(23)21-14-9-13(19)6-7-15(14)25-3/h5-10H,4,11H2,1-3H3,(H,21,23). The maximum absolute atomic E-state index is 12.3. The zero-order valence-corrected chi connectivity index (χ0v) is 15.5. The van der Waals surface area contributed by atoms with Gasteiger partial charge >= 0.3 is 5.97 Å². The molecule has 7 nitrogen and oxygen atoms in total. The minimum atomic E-state index is -0.431. The van der Waals surface area contributed by atoms with Crippen molar-refractivity contribution in [2.75, 3.05) is 37.5 Å². The van der Waals surface area contributed by atoms with Crippen molar-refractivity contribution in [2.45, 2.75) is 6.92 Å². The molecule has 1 N–H and O–H groups in total.